The Morgan fingerprint density at radius 2 is 2.00 bits per heavy atom. The van der Waals surface area contributed by atoms with E-state index in [1.54, 1.807) is 18.2 Å². The van der Waals surface area contributed by atoms with Crippen molar-refractivity contribution < 1.29 is 13.9 Å². The number of hydrogen-bond donors (Lipinski definition) is 1. The van der Waals surface area contributed by atoms with Crippen molar-refractivity contribution in [3.63, 3.8) is 0 Å². The molecule has 1 amide bonds. The number of halogens is 3. The smallest absolute Gasteiger partial charge is 0.404 e. The predicted octanol–water partition coefficient (Wildman–Crippen LogP) is 5.03. The van der Waals surface area contributed by atoms with E-state index in [0.29, 0.717) is 20.9 Å². The molecule has 0 saturated heterocycles. The molecule has 2 N–H and O–H groups in total. The first-order valence-corrected chi connectivity index (χ1v) is 9.10. The van der Waals surface area contributed by atoms with Crippen LogP contribution in [0, 0.1) is 0 Å². The molecule has 0 bridgehead atoms. The third kappa shape index (κ3) is 5.26. The summed E-state index contributed by atoms with van der Waals surface area (Å²) in [7, 11) is 0. The highest BCUT2D eigenvalue weighted by molar-refractivity contribution is 7.99. The molecule has 5 nitrogen and oxygen atoms in total. The van der Waals surface area contributed by atoms with E-state index in [9.17, 15) is 9.18 Å². The summed E-state index contributed by atoms with van der Waals surface area (Å²) in [4.78, 5) is 16.0. The van der Waals surface area contributed by atoms with Gasteiger partial charge in [0.25, 0.3) is 0 Å². The first-order chi connectivity index (χ1) is 11.8. The minimum Gasteiger partial charge on any atom is -0.449 e. The Bertz CT molecular complexity index is 748. The zero-order valence-electron chi connectivity index (χ0n) is 13.8. The van der Waals surface area contributed by atoms with Crippen LogP contribution in [0.2, 0.25) is 10.0 Å². The highest BCUT2D eigenvalue weighted by Crippen LogP contribution is 2.37. The second-order valence-corrected chi connectivity index (χ2v) is 7.48. The van der Waals surface area contributed by atoms with E-state index in [0.717, 1.165) is 10.6 Å². The molecular formula is C16H18Cl2FN3O2S. The number of alkyl halides is 1. The Morgan fingerprint density at radius 1 is 1.36 bits per heavy atom. The fourth-order valence-electron chi connectivity index (χ4n) is 2.24. The summed E-state index contributed by atoms with van der Waals surface area (Å²) in [6.45, 7) is 3.24. The second-order valence-electron chi connectivity index (χ2n) is 5.55. The van der Waals surface area contributed by atoms with E-state index < -0.39 is 12.9 Å². The average Bonchev–Trinajstić information content (AvgIpc) is 2.83. The Balaban J connectivity index is 2.36. The van der Waals surface area contributed by atoms with Crippen LogP contribution in [0.5, 0.6) is 0 Å². The molecular weight excluding hydrogens is 388 g/mol. The zero-order valence-corrected chi connectivity index (χ0v) is 16.1. The van der Waals surface area contributed by atoms with Crippen LogP contribution in [-0.2, 0) is 18.0 Å². The highest BCUT2D eigenvalue weighted by atomic mass is 35.5. The average molecular weight is 406 g/mol. The Morgan fingerprint density at radius 3 is 2.52 bits per heavy atom. The monoisotopic (exact) mass is 405 g/mol. The molecule has 1 heterocycles. The summed E-state index contributed by atoms with van der Waals surface area (Å²) < 4.78 is 19.9. The predicted molar refractivity (Wildman–Crippen MR) is 97.2 cm³/mol. The first kappa shape index (κ1) is 19.9. The molecule has 0 spiro atoms. The third-order valence-electron chi connectivity index (χ3n) is 3.31. The summed E-state index contributed by atoms with van der Waals surface area (Å²) >= 11 is 13.4. The van der Waals surface area contributed by atoms with E-state index in [4.69, 9.17) is 33.7 Å². The van der Waals surface area contributed by atoms with Crippen LogP contribution in [0.1, 0.15) is 31.3 Å². The van der Waals surface area contributed by atoms with Gasteiger partial charge in [0.15, 0.2) is 6.80 Å². The molecule has 136 valence electrons. The van der Waals surface area contributed by atoms with Crippen molar-refractivity contribution in [2.24, 2.45) is 5.73 Å². The number of amides is 1. The maximum Gasteiger partial charge on any atom is 0.404 e. The van der Waals surface area contributed by atoms with E-state index in [2.05, 4.69) is 4.98 Å². The van der Waals surface area contributed by atoms with Gasteiger partial charge in [-0.15, -0.1) is 0 Å². The topological polar surface area (TPSA) is 70.1 Å². The summed E-state index contributed by atoms with van der Waals surface area (Å²) in [6.07, 6.45) is -0.603. The van der Waals surface area contributed by atoms with Crippen LogP contribution in [0.3, 0.4) is 0 Å². The Hall–Kier alpha value is -1.44. The molecule has 0 saturated carbocycles. The van der Waals surface area contributed by atoms with E-state index >= 15 is 0 Å². The van der Waals surface area contributed by atoms with Gasteiger partial charge in [0.2, 0.25) is 0 Å². The third-order valence-corrected chi connectivity index (χ3v) is 4.84. The minimum atomic E-state index is -0.870. The fourth-order valence-corrected chi connectivity index (χ4v) is 4.14. The lowest BCUT2D eigenvalue weighted by Gasteiger charge is -2.10. The van der Waals surface area contributed by atoms with Crippen molar-refractivity contribution >= 4 is 41.1 Å². The number of imidazole rings is 1. The number of nitrogens with two attached hydrogens (primary N) is 1. The molecule has 0 unspecified atom stereocenters. The van der Waals surface area contributed by atoms with Gasteiger partial charge in [-0.2, -0.15) is 0 Å². The molecule has 0 aliphatic heterocycles. The zero-order chi connectivity index (χ0) is 18.6. The van der Waals surface area contributed by atoms with Crippen molar-refractivity contribution in [2.75, 3.05) is 6.61 Å². The molecule has 0 atom stereocenters. The number of aromatic nitrogens is 2. The fraction of sp³-hybridized carbons (Fsp3) is 0.375. The first-order valence-electron chi connectivity index (χ1n) is 7.53. The van der Waals surface area contributed by atoms with Gasteiger partial charge in [-0.25, -0.2) is 14.2 Å². The summed E-state index contributed by atoms with van der Waals surface area (Å²) in [5.74, 6) is 0.573. The lowest BCUT2D eigenvalue weighted by atomic mass is 10.1. The maximum absolute atomic E-state index is 13.7. The lowest BCUT2D eigenvalue weighted by molar-refractivity contribution is 0.157. The number of ether oxygens (including phenoxy) is 1. The molecule has 0 aliphatic carbocycles. The van der Waals surface area contributed by atoms with Gasteiger partial charge in [-0.05, 0) is 24.1 Å². The van der Waals surface area contributed by atoms with Gasteiger partial charge in [0.1, 0.15) is 17.5 Å². The lowest BCUT2D eigenvalue weighted by Crippen LogP contribution is -2.16. The quantitative estimate of drug-likeness (QED) is 0.700. The molecule has 0 radical (unpaired) electrons. The summed E-state index contributed by atoms with van der Waals surface area (Å²) in [5, 5.41) is 1.68. The molecule has 25 heavy (non-hydrogen) atoms. The van der Waals surface area contributed by atoms with Crippen LogP contribution in [0.15, 0.2) is 28.1 Å². The van der Waals surface area contributed by atoms with Gasteiger partial charge in [0, 0.05) is 21.4 Å². The molecule has 0 aliphatic rings. The number of carbonyl (C=O) groups is 1. The standard InChI is InChI=1S/C16H18Cl2FN3O2S/c1-9(2)14-15(25-12-6-10(17)5-11(18)7-12)22(8-19)13(21-14)3-4-24-16(20)23/h5-7,9H,3-4,8H2,1-2H3,(H2,20,23). The maximum atomic E-state index is 13.7. The van der Waals surface area contributed by atoms with Crippen molar-refractivity contribution in [2.45, 2.75) is 42.9 Å². The van der Waals surface area contributed by atoms with Gasteiger partial charge < -0.3 is 10.5 Å². The molecule has 2 aromatic rings. The van der Waals surface area contributed by atoms with Crippen LogP contribution in [-0.4, -0.2) is 22.3 Å². The van der Waals surface area contributed by atoms with Crippen molar-refractivity contribution in [1.29, 1.82) is 0 Å². The van der Waals surface area contributed by atoms with Crippen LogP contribution >= 0.6 is 35.0 Å². The van der Waals surface area contributed by atoms with Gasteiger partial charge in [0.05, 0.1) is 5.69 Å². The molecule has 9 heteroatoms. The van der Waals surface area contributed by atoms with E-state index in [1.165, 1.54) is 16.3 Å². The molecule has 1 aromatic carbocycles. The Kier molecular flexibility index (Phi) is 6.98. The van der Waals surface area contributed by atoms with Crippen molar-refractivity contribution in [3.05, 3.63) is 39.8 Å². The number of nitrogens with zero attached hydrogens (tertiary/aromatic N) is 2. The number of hydrogen-bond acceptors (Lipinski definition) is 4. The second kappa shape index (κ2) is 8.78. The van der Waals surface area contributed by atoms with Gasteiger partial charge in [-0.3, -0.25) is 4.57 Å². The van der Waals surface area contributed by atoms with Crippen LogP contribution in [0.25, 0.3) is 0 Å². The number of primary amides is 1. The number of carbonyl (C=O) groups excluding carboxylic acids is 1. The normalized spacial score (nSPS) is 11.1. The SMILES string of the molecule is CC(C)c1nc(CCOC(N)=O)n(CF)c1Sc1cc(Cl)cc(Cl)c1. The number of rotatable bonds is 7. The molecule has 1 aromatic heterocycles. The minimum absolute atomic E-state index is 0.0387. The van der Waals surface area contributed by atoms with E-state index in [1.807, 2.05) is 13.8 Å². The van der Waals surface area contributed by atoms with Gasteiger partial charge in [-0.1, -0.05) is 48.8 Å². The molecule has 0 fully saturated rings. The van der Waals surface area contributed by atoms with E-state index in [-0.39, 0.29) is 18.9 Å². The van der Waals surface area contributed by atoms with Crippen LogP contribution < -0.4 is 5.73 Å². The Labute approximate surface area is 159 Å². The summed E-state index contributed by atoms with van der Waals surface area (Å²) in [6, 6.07) is 5.15. The number of benzene rings is 1. The highest BCUT2D eigenvalue weighted by Gasteiger charge is 2.21. The van der Waals surface area contributed by atoms with Gasteiger partial charge >= 0.3 is 6.09 Å². The largest absolute Gasteiger partial charge is 0.449 e. The molecule has 2 rings (SSSR count). The van der Waals surface area contributed by atoms with Crippen molar-refractivity contribution in [3.8, 4) is 0 Å². The summed E-state index contributed by atoms with van der Waals surface area (Å²) in [5.41, 5.74) is 5.71. The van der Waals surface area contributed by atoms with Crippen molar-refractivity contribution in [1.82, 2.24) is 9.55 Å². The van der Waals surface area contributed by atoms with Crippen LogP contribution in [0.4, 0.5) is 9.18 Å².